The van der Waals surface area contributed by atoms with Crippen LogP contribution in [0.5, 0.6) is 0 Å². The number of rotatable bonds is 6. The van der Waals surface area contributed by atoms with Crippen LogP contribution in [-0.4, -0.2) is 50.4 Å². The summed E-state index contributed by atoms with van der Waals surface area (Å²) < 4.78 is 5.54. The summed E-state index contributed by atoms with van der Waals surface area (Å²) >= 11 is 0. The first-order valence-electron chi connectivity index (χ1n) is 9.28. The average molecular weight is 359 g/mol. The Hall–Kier alpha value is -2.51. The lowest BCUT2D eigenvalue weighted by atomic mass is 10.2. The molecule has 142 valence electrons. The first-order valence-corrected chi connectivity index (χ1v) is 9.28. The Kier molecular flexibility index (Phi) is 5.80. The van der Waals surface area contributed by atoms with Gasteiger partial charge in [0.25, 0.3) is 0 Å². The predicted molar refractivity (Wildman–Crippen MR) is 102 cm³/mol. The smallest absolute Gasteiger partial charge is 0.345 e. The van der Waals surface area contributed by atoms with E-state index in [-0.39, 0.29) is 5.69 Å². The zero-order valence-corrected chi connectivity index (χ0v) is 16.0. The van der Waals surface area contributed by atoms with Crippen LogP contribution < -0.4 is 11.0 Å². The highest BCUT2D eigenvalue weighted by molar-refractivity contribution is 5.79. The van der Waals surface area contributed by atoms with Crippen molar-refractivity contribution in [2.24, 2.45) is 12.0 Å². The van der Waals surface area contributed by atoms with Gasteiger partial charge in [0.15, 0.2) is 5.96 Å². The van der Waals surface area contributed by atoms with Gasteiger partial charge in [-0.1, -0.05) is 0 Å². The third-order valence-electron chi connectivity index (χ3n) is 4.89. The molecule has 0 spiro atoms. The third-order valence-corrected chi connectivity index (χ3v) is 4.89. The molecule has 0 atom stereocenters. The number of aliphatic imine (C=N–C) groups is 1. The van der Waals surface area contributed by atoms with E-state index in [9.17, 15) is 4.79 Å². The van der Waals surface area contributed by atoms with E-state index in [1.165, 1.54) is 5.69 Å². The lowest BCUT2D eigenvalue weighted by Gasteiger charge is -2.22. The molecule has 0 radical (unpaired) electrons. The van der Waals surface area contributed by atoms with Gasteiger partial charge < -0.3 is 14.8 Å². The summed E-state index contributed by atoms with van der Waals surface area (Å²) in [7, 11) is 5.86. The van der Waals surface area contributed by atoms with E-state index in [2.05, 4.69) is 30.9 Å². The Morgan fingerprint density at radius 1 is 1.42 bits per heavy atom. The standard InChI is InChI=1S/C18H29N7O/c1-19-17(23(3)14-15-8-6-11-22(15)2)20-10-7-13-25-18(26)24-12-5-4-9-16(24)21-25/h6,8,11H,4-5,7,9-10,12-14H2,1-3H3,(H,19,20). The number of hydrogen-bond donors (Lipinski definition) is 1. The van der Waals surface area contributed by atoms with Gasteiger partial charge in [-0.05, 0) is 31.4 Å². The Balaban J connectivity index is 1.48. The summed E-state index contributed by atoms with van der Waals surface area (Å²) in [5, 5.41) is 7.85. The second kappa shape index (κ2) is 8.25. The highest BCUT2D eigenvalue weighted by Gasteiger charge is 2.16. The van der Waals surface area contributed by atoms with Gasteiger partial charge in [0.1, 0.15) is 5.82 Å². The molecule has 1 N–H and O–H groups in total. The summed E-state index contributed by atoms with van der Waals surface area (Å²) in [4.78, 5) is 18.8. The van der Waals surface area contributed by atoms with E-state index in [1.807, 2.05) is 30.9 Å². The number of fused-ring (bicyclic) bond motifs is 1. The molecule has 1 aliphatic heterocycles. The van der Waals surface area contributed by atoms with Crippen LogP contribution in [0.15, 0.2) is 28.1 Å². The van der Waals surface area contributed by atoms with E-state index in [0.29, 0.717) is 6.54 Å². The molecule has 0 aromatic carbocycles. The molecule has 26 heavy (non-hydrogen) atoms. The third kappa shape index (κ3) is 4.00. The van der Waals surface area contributed by atoms with Gasteiger partial charge in [-0.15, -0.1) is 0 Å². The van der Waals surface area contributed by atoms with Crippen LogP contribution in [0.2, 0.25) is 0 Å². The summed E-state index contributed by atoms with van der Waals surface area (Å²) in [6, 6.07) is 4.15. The molecule has 2 aromatic rings. The zero-order chi connectivity index (χ0) is 18.5. The van der Waals surface area contributed by atoms with Gasteiger partial charge in [0.2, 0.25) is 0 Å². The van der Waals surface area contributed by atoms with Crippen LogP contribution in [0.4, 0.5) is 0 Å². The maximum Gasteiger partial charge on any atom is 0.345 e. The van der Waals surface area contributed by atoms with Crippen molar-refractivity contribution in [2.45, 2.75) is 45.3 Å². The first-order chi connectivity index (χ1) is 12.6. The SMILES string of the molecule is CN=C(NCCCn1nc2n(c1=O)CCCC2)N(C)Cc1cccn1C. The fraction of sp³-hybridized carbons (Fsp3) is 0.611. The summed E-state index contributed by atoms with van der Waals surface area (Å²) in [5.41, 5.74) is 1.26. The normalized spacial score (nSPS) is 14.3. The molecule has 8 nitrogen and oxygen atoms in total. The molecular weight excluding hydrogens is 330 g/mol. The second-order valence-corrected chi connectivity index (χ2v) is 6.82. The minimum absolute atomic E-state index is 0.0323. The number of nitrogens with zero attached hydrogens (tertiary/aromatic N) is 6. The van der Waals surface area contributed by atoms with Crippen LogP contribution in [0.1, 0.15) is 30.8 Å². The molecule has 0 bridgehead atoms. The van der Waals surface area contributed by atoms with Gasteiger partial charge in [-0.2, -0.15) is 5.10 Å². The molecule has 3 rings (SSSR count). The average Bonchev–Trinajstić information content (AvgIpc) is 3.19. The lowest BCUT2D eigenvalue weighted by molar-refractivity contribution is 0.456. The number of guanidine groups is 1. The molecule has 0 unspecified atom stereocenters. The van der Waals surface area contributed by atoms with Gasteiger partial charge in [-0.3, -0.25) is 9.56 Å². The first kappa shape index (κ1) is 18.3. The van der Waals surface area contributed by atoms with Crippen molar-refractivity contribution < 1.29 is 0 Å². The van der Waals surface area contributed by atoms with E-state index < -0.39 is 0 Å². The summed E-state index contributed by atoms with van der Waals surface area (Å²) in [5.74, 6) is 1.79. The Morgan fingerprint density at radius 3 is 2.96 bits per heavy atom. The zero-order valence-electron chi connectivity index (χ0n) is 16.0. The summed E-state index contributed by atoms with van der Waals surface area (Å²) in [6.45, 7) is 2.97. The van der Waals surface area contributed by atoms with E-state index in [0.717, 1.165) is 57.1 Å². The van der Waals surface area contributed by atoms with E-state index in [1.54, 1.807) is 11.7 Å². The Labute approximate surface area is 154 Å². The molecule has 0 saturated carbocycles. The molecule has 0 saturated heterocycles. The van der Waals surface area contributed by atoms with Gasteiger partial charge in [0, 0.05) is 59.1 Å². The Morgan fingerprint density at radius 2 is 2.27 bits per heavy atom. The van der Waals surface area contributed by atoms with Crippen molar-refractivity contribution in [3.05, 3.63) is 40.3 Å². The number of aryl methyl sites for hydroxylation is 3. The van der Waals surface area contributed by atoms with Crippen LogP contribution in [0.25, 0.3) is 0 Å². The van der Waals surface area contributed by atoms with Crippen molar-refractivity contribution >= 4 is 5.96 Å². The second-order valence-electron chi connectivity index (χ2n) is 6.82. The maximum absolute atomic E-state index is 12.3. The maximum atomic E-state index is 12.3. The molecular formula is C18H29N7O. The topological polar surface area (TPSA) is 72.4 Å². The van der Waals surface area contributed by atoms with Crippen LogP contribution in [-0.2, 0) is 33.1 Å². The fourth-order valence-electron chi connectivity index (χ4n) is 3.39. The lowest BCUT2D eigenvalue weighted by Crippen LogP contribution is -2.39. The van der Waals surface area contributed by atoms with Crippen molar-refractivity contribution in [3.8, 4) is 0 Å². The number of nitrogens with one attached hydrogen (secondary N) is 1. The van der Waals surface area contributed by atoms with Crippen molar-refractivity contribution in [3.63, 3.8) is 0 Å². The Bertz CT molecular complexity index is 814. The minimum Gasteiger partial charge on any atom is -0.356 e. The van der Waals surface area contributed by atoms with Crippen LogP contribution in [0.3, 0.4) is 0 Å². The molecule has 0 fully saturated rings. The monoisotopic (exact) mass is 359 g/mol. The van der Waals surface area contributed by atoms with Crippen molar-refractivity contribution in [1.82, 2.24) is 29.1 Å². The summed E-state index contributed by atoms with van der Waals surface area (Å²) in [6.07, 6.45) is 5.98. The molecule has 8 heteroatoms. The molecule has 0 aliphatic carbocycles. The van der Waals surface area contributed by atoms with Gasteiger partial charge >= 0.3 is 5.69 Å². The largest absolute Gasteiger partial charge is 0.356 e. The fourth-order valence-corrected chi connectivity index (χ4v) is 3.39. The molecule has 0 amide bonds. The van der Waals surface area contributed by atoms with Crippen molar-refractivity contribution in [2.75, 3.05) is 20.6 Å². The van der Waals surface area contributed by atoms with Gasteiger partial charge in [0.05, 0.1) is 6.54 Å². The minimum atomic E-state index is 0.0323. The highest BCUT2D eigenvalue weighted by Crippen LogP contribution is 2.09. The quantitative estimate of drug-likeness (QED) is 0.471. The highest BCUT2D eigenvalue weighted by atomic mass is 16.2. The molecule has 1 aliphatic rings. The van der Waals surface area contributed by atoms with Crippen molar-refractivity contribution in [1.29, 1.82) is 0 Å². The van der Waals surface area contributed by atoms with E-state index in [4.69, 9.17) is 0 Å². The number of hydrogen-bond acceptors (Lipinski definition) is 3. The van der Waals surface area contributed by atoms with E-state index >= 15 is 0 Å². The number of aromatic nitrogens is 4. The van der Waals surface area contributed by atoms with Crippen LogP contribution >= 0.6 is 0 Å². The predicted octanol–water partition coefficient (Wildman–Crippen LogP) is 0.817. The molecule has 2 aromatic heterocycles. The van der Waals surface area contributed by atoms with Crippen LogP contribution in [0, 0.1) is 0 Å². The molecule has 3 heterocycles. The van der Waals surface area contributed by atoms with Gasteiger partial charge in [-0.25, -0.2) is 9.48 Å².